The second kappa shape index (κ2) is 8.21. The van der Waals surface area contributed by atoms with Gasteiger partial charge in [0.05, 0.1) is 5.52 Å². The molecule has 0 unspecified atom stereocenters. The summed E-state index contributed by atoms with van der Waals surface area (Å²) < 4.78 is 4.98. The first-order chi connectivity index (χ1) is 12.3. The molecule has 0 aliphatic carbocycles. The van der Waals surface area contributed by atoms with Crippen molar-refractivity contribution in [3.05, 3.63) is 60.4 Å². The minimum absolute atomic E-state index is 0.104. The largest absolute Gasteiger partial charge is 0.385 e. The summed E-state index contributed by atoms with van der Waals surface area (Å²) in [4.78, 5) is 20.8. The van der Waals surface area contributed by atoms with E-state index in [1.54, 1.807) is 13.2 Å². The molecule has 0 saturated carbocycles. The molecule has 128 valence electrons. The number of anilines is 2. The molecular weight excluding hydrogens is 316 g/mol. The Bertz CT molecular complexity index is 861. The van der Waals surface area contributed by atoms with Crippen LogP contribution >= 0.6 is 0 Å². The average molecular weight is 336 g/mol. The summed E-state index contributed by atoms with van der Waals surface area (Å²) in [5.41, 5.74) is 2.27. The van der Waals surface area contributed by atoms with E-state index in [9.17, 15) is 4.79 Å². The van der Waals surface area contributed by atoms with Crippen molar-refractivity contribution in [2.45, 2.75) is 6.42 Å². The number of amides is 1. The molecule has 2 aromatic carbocycles. The van der Waals surface area contributed by atoms with Crippen LogP contribution in [-0.4, -0.2) is 36.1 Å². The summed E-state index contributed by atoms with van der Waals surface area (Å²) >= 11 is 0. The molecule has 6 nitrogen and oxygen atoms in total. The second-order valence-electron chi connectivity index (χ2n) is 5.55. The van der Waals surface area contributed by atoms with Crippen LogP contribution in [0.4, 0.5) is 11.5 Å². The summed E-state index contributed by atoms with van der Waals surface area (Å²) in [6, 6.07) is 15.1. The Balaban J connectivity index is 1.74. The van der Waals surface area contributed by atoms with Gasteiger partial charge in [-0.05, 0) is 36.8 Å². The summed E-state index contributed by atoms with van der Waals surface area (Å²) in [6.45, 7) is 1.21. The number of hydrogen-bond donors (Lipinski definition) is 2. The first-order valence-corrected chi connectivity index (χ1v) is 8.12. The van der Waals surface area contributed by atoms with Gasteiger partial charge in [0.2, 0.25) is 0 Å². The van der Waals surface area contributed by atoms with Crippen molar-refractivity contribution < 1.29 is 9.53 Å². The average Bonchev–Trinajstić information content (AvgIpc) is 2.66. The number of rotatable bonds is 7. The van der Waals surface area contributed by atoms with E-state index in [-0.39, 0.29) is 5.91 Å². The Morgan fingerprint density at radius 3 is 2.88 bits per heavy atom. The van der Waals surface area contributed by atoms with Gasteiger partial charge in [-0.25, -0.2) is 9.97 Å². The molecule has 3 rings (SSSR count). The van der Waals surface area contributed by atoms with Gasteiger partial charge in [0.1, 0.15) is 12.1 Å². The van der Waals surface area contributed by atoms with Crippen molar-refractivity contribution in [2.24, 2.45) is 0 Å². The van der Waals surface area contributed by atoms with Gasteiger partial charge in [-0.1, -0.05) is 18.2 Å². The van der Waals surface area contributed by atoms with E-state index in [0.717, 1.165) is 23.0 Å². The molecule has 25 heavy (non-hydrogen) atoms. The van der Waals surface area contributed by atoms with Gasteiger partial charge < -0.3 is 15.4 Å². The minimum Gasteiger partial charge on any atom is -0.385 e. The lowest BCUT2D eigenvalue weighted by molar-refractivity contribution is 0.0948. The Morgan fingerprint density at radius 1 is 1.12 bits per heavy atom. The molecule has 1 amide bonds. The summed E-state index contributed by atoms with van der Waals surface area (Å²) in [5.74, 6) is 0.607. The molecule has 2 N–H and O–H groups in total. The van der Waals surface area contributed by atoms with E-state index in [1.807, 2.05) is 42.5 Å². The number of benzene rings is 2. The van der Waals surface area contributed by atoms with Crippen molar-refractivity contribution in [1.29, 1.82) is 0 Å². The molecule has 0 radical (unpaired) electrons. The molecule has 0 saturated heterocycles. The van der Waals surface area contributed by atoms with Crippen LogP contribution in [0.2, 0.25) is 0 Å². The van der Waals surface area contributed by atoms with Gasteiger partial charge in [0.25, 0.3) is 5.91 Å². The highest BCUT2D eigenvalue weighted by Crippen LogP contribution is 2.23. The number of fused-ring (bicyclic) bond motifs is 1. The number of nitrogens with one attached hydrogen (secondary N) is 2. The lowest BCUT2D eigenvalue weighted by Gasteiger charge is -2.10. The zero-order valence-corrected chi connectivity index (χ0v) is 14.0. The third kappa shape index (κ3) is 4.30. The fourth-order valence-electron chi connectivity index (χ4n) is 2.50. The quantitative estimate of drug-likeness (QED) is 0.648. The SMILES string of the molecule is COCCCNC(=O)c1cccc(Nc2ncnc3ccccc23)c1. The maximum Gasteiger partial charge on any atom is 0.251 e. The maximum absolute atomic E-state index is 12.2. The van der Waals surface area contributed by atoms with Crippen LogP contribution < -0.4 is 10.6 Å². The van der Waals surface area contributed by atoms with Gasteiger partial charge in [0, 0.05) is 36.9 Å². The summed E-state index contributed by atoms with van der Waals surface area (Å²) in [6.07, 6.45) is 2.31. The van der Waals surface area contributed by atoms with Crippen LogP contribution in [-0.2, 0) is 4.74 Å². The number of hydrogen-bond acceptors (Lipinski definition) is 5. The molecule has 0 aliphatic rings. The Hall–Kier alpha value is -2.99. The number of aromatic nitrogens is 2. The number of nitrogens with zero attached hydrogens (tertiary/aromatic N) is 2. The van der Waals surface area contributed by atoms with Crippen molar-refractivity contribution in [1.82, 2.24) is 15.3 Å². The predicted molar refractivity (Wildman–Crippen MR) is 98.1 cm³/mol. The van der Waals surface area contributed by atoms with E-state index in [0.29, 0.717) is 24.5 Å². The standard InChI is InChI=1S/C19H20N4O2/c1-25-11-5-10-20-19(24)14-6-4-7-15(12-14)23-18-16-8-2-3-9-17(16)21-13-22-18/h2-4,6-9,12-13H,5,10-11H2,1H3,(H,20,24)(H,21,22,23). The fourth-order valence-corrected chi connectivity index (χ4v) is 2.50. The molecule has 0 fully saturated rings. The second-order valence-corrected chi connectivity index (χ2v) is 5.55. The number of carbonyl (C=O) groups excluding carboxylic acids is 1. The van der Waals surface area contributed by atoms with Crippen LogP contribution in [0.3, 0.4) is 0 Å². The van der Waals surface area contributed by atoms with Crippen molar-refractivity contribution >= 4 is 28.3 Å². The van der Waals surface area contributed by atoms with Crippen LogP contribution in [0, 0.1) is 0 Å². The van der Waals surface area contributed by atoms with E-state index >= 15 is 0 Å². The highest BCUT2D eigenvalue weighted by Gasteiger charge is 2.07. The topological polar surface area (TPSA) is 76.1 Å². The minimum atomic E-state index is -0.104. The molecule has 6 heteroatoms. The van der Waals surface area contributed by atoms with Gasteiger partial charge in [-0.15, -0.1) is 0 Å². The lowest BCUT2D eigenvalue weighted by Crippen LogP contribution is -2.25. The Labute approximate surface area is 146 Å². The van der Waals surface area contributed by atoms with Gasteiger partial charge >= 0.3 is 0 Å². The van der Waals surface area contributed by atoms with Crippen molar-refractivity contribution in [3.8, 4) is 0 Å². The fraction of sp³-hybridized carbons (Fsp3) is 0.211. The smallest absolute Gasteiger partial charge is 0.251 e. The molecule has 1 aromatic heterocycles. The first kappa shape index (κ1) is 16.9. The van der Waals surface area contributed by atoms with Gasteiger partial charge in [-0.2, -0.15) is 0 Å². The normalized spacial score (nSPS) is 10.6. The van der Waals surface area contributed by atoms with E-state index in [4.69, 9.17) is 4.74 Å². The highest BCUT2D eigenvalue weighted by molar-refractivity contribution is 5.96. The summed E-state index contributed by atoms with van der Waals surface area (Å²) in [5, 5.41) is 7.08. The molecule has 0 aliphatic heterocycles. The van der Waals surface area contributed by atoms with Crippen LogP contribution in [0.5, 0.6) is 0 Å². The lowest BCUT2D eigenvalue weighted by atomic mass is 10.1. The maximum atomic E-state index is 12.2. The highest BCUT2D eigenvalue weighted by atomic mass is 16.5. The molecular formula is C19H20N4O2. The van der Waals surface area contributed by atoms with Crippen LogP contribution in [0.25, 0.3) is 10.9 Å². The third-order valence-corrected chi connectivity index (χ3v) is 3.74. The van der Waals surface area contributed by atoms with E-state index in [2.05, 4.69) is 20.6 Å². The predicted octanol–water partition coefficient (Wildman–Crippen LogP) is 3.14. The number of para-hydroxylation sites is 1. The monoisotopic (exact) mass is 336 g/mol. The van der Waals surface area contributed by atoms with Gasteiger partial charge in [0.15, 0.2) is 0 Å². The summed E-state index contributed by atoms with van der Waals surface area (Å²) in [7, 11) is 1.65. The molecule has 0 atom stereocenters. The number of ether oxygens (including phenoxy) is 1. The Morgan fingerprint density at radius 2 is 2.00 bits per heavy atom. The first-order valence-electron chi connectivity index (χ1n) is 8.12. The van der Waals surface area contributed by atoms with E-state index < -0.39 is 0 Å². The van der Waals surface area contributed by atoms with Gasteiger partial charge in [-0.3, -0.25) is 4.79 Å². The Kier molecular flexibility index (Phi) is 5.53. The van der Waals surface area contributed by atoms with Crippen molar-refractivity contribution in [3.63, 3.8) is 0 Å². The zero-order chi connectivity index (χ0) is 17.5. The van der Waals surface area contributed by atoms with E-state index in [1.165, 1.54) is 6.33 Å². The zero-order valence-electron chi connectivity index (χ0n) is 14.0. The molecule has 1 heterocycles. The van der Waals surface area contributed by atoms with Crippen LogP contribution in [0.15, 0.2) is 54.9 Å². The van der Waals surface area contributed by atoms with Crippen LogP contribution in [0.1, 0.15) is 16.8 Å². The van der Waals surface area contributed by atoms with Crippen molar-refractivity contribution in [2.75, 3.05) is 25.6 Å². The third-order valence-electron chi connectivity index (χ3n) is 3.74. The number of carbonyl (C=O) groups is 1. The molecule has 0 bridgehead atoms. The molecule has 3 aromatic rings. The molecule has 0 spiro atoms. The number of methoxy groups -OCH3 is 1.